The van der Waals surface area contributed by atoms with Gasteiger partial charge in [-0.1, -0.05) is 117 Å². The average Bonchev–Trinajstić information content (AvgIpc) is 3.01. The molecular formula is C33H32Br2Cl4FN3O4. The zero-order chi connectivity index (χ0) is 35.1. The maximum Gasteiger partial charge on any atom is 0.305 e. The topological polar surface area (TPSA) is 89.5 Å². The second-order valence-corrected chi connectivity index (χ2v) is 13.6. The summed E-state index contributed by atoms with van der Waals surface area (Å²) in [6.07, 6.45) is 5.63. The Morgan fingerprint density at radius 2 is 1.23 bits per heavy atom. The maximum absolute atomic E-state index is 12.6. The molecular weight excluding hydrogens is 823 g/mol. The lowest BCUT2D eigenvalue weighted by molar-refractivity contribution is -0.387. The largest absolute Gasteiger partial charge is 0.362 e. The van der Waals surface area contributed by atoms with Gasteiger partial charge in [0, 0.05) is 54.3 Å². The van der Waals surface area contributed by atoms with Crippen LogP contribution in [0.1, 0.15) is 50.7 Å². The first-order valence-corrected chi connectivity index (χ1v) is 17.5. The van der Waals surface area contributed by atoms with E-state index in [0.29, 0.717) is 42.8 Å². The van der Waals surface area contributed by atoms with Crippen molar-refractivity contribution in [3.63, 3.8) is 0 Å². The smallest absolute Gasteiger partial charge is 0.305 e. The van der Waals surface area contributed by atoms with Crippen molar-refractivity contribution < 1.29 is 14.2 Å². The molecule has 0 unspecified atom stereocenters. The number of unbranched alkanes of at least 4 members (excludes halogenated alkanes) is 2. The molecule has 0 bridgehead atoms. The second kappa shape index (κ2) is 20.8. The molecule has 4 aromatic carbocycles. The number of nitro groups is 2. The van der Waals surface area contributed by atoms with Gasteiger partial charge in [0.15, 0.2) is 0 Å². The van der Waals surface area contributed by atoms with Crippen LogP contribution >= 0.6 is 78.3 Å². The summed E-state index contributed by atoms with van der Waals surface area (Å²) in [5.74, 6) is -0.821. The number of hydrogen-bond acceptors (Lipinski definition) is 5. The summed E-state index contributed by atoms with van der Waals surface area (Å²) < 4.78 is 13.7. The van der Waals surface area contributed by atoms with E-state index >= 15 is 0 Å². The number of hydrogen-bond donors (Lipinski definition) is 0. The van der Waals surface area contributed by atoms with E-state index in [9.17, 15) is 24.6 Å². The number of nitro benzene ring substituents is 2. The number of nitrogens with zero attached hydrogens (tertiary/aromatic N) is 3. The van der Waals surface area contributed by atoms with Gasteiger partial charge in [-0.25, -0.2) is 0 Å². The van der Waals surface area contributed by atoms with Gasteiger partial charge in [-0.15, -0.1) is 0 Å². The first-order valence-electron chi connectivity index (χ1n) is 14.4. The second-order valence-electron chi connectivity index (χ2n) is 10.1. The Morgan fingerprint density at radius 3 is 1.72 bits per heavy atom. The highest BCUT2D eigenvalue weighted by atomic mass is 79.9. The van der Waals surface area contributed by atoms with Crippen molar-refractivity contribution in [3.8, 4) is 0 Å². The summed E-state index contributed by atoms with van der Waals surface area (Å²) in [5.41, 5.74) is 2.21. The number of halogens is 7. The molecule has 0 saturated heterocycles. The van der Waals surface area contributed by atoms with Gasteiger partial charge in [-0.05, 0) is 78.9 Å². The molecule has 0 amide bonds. The summed E-state index contributed by atoms with van der Waals surface area (Å²) in [5, 5.41) is 24.1. The van der Waals surface area contributed by atoms with E-state index in [2.05, 4.69) is 38.8 Å². The van der Waals surface area contributed by atoms with Crippen LogP contribution < -0.4 is 4.90 Å². The van der Waals surface area contributed by atoms with Crippen LogP contribution in [-0.4, -0.2) is 16.4 Å². The zero-order valence-corrected chi connectivity index (χ0v) is 31.7. The molecule has 252 valence electrons. The van der Waals surface area contributed by atoms with Crippen LogP contribution in [0.15, 0.2) is 81.7 Å². The monoisotopic (exact) mass is 851 g/mol. The van der Waals surface area contributed by atoms with Crippen molar-refractivity contribution >= 4 is 95.3 Å². The SMILES string of the molecule is CCCCCc1ccc(Cl)cc1Cl.CCCN(Cc1ccc(Cl)cc1Cl)c1ccc(Br)cc1[N+](=O)[O-].O=[N+]([O-])c1cc(Br)ccc1F. The molecule has 0 spiro atoms. The summed E-state index contributed by atoms with van der Waals surface area (Å²) in [7, 11) is 0. The van der Waals surface area contributed by atoms with E-state index in [-0.39, 0.29) is 10.6 Å². The Hall–Kier alpha value is -2.47. The van der Waals surface area contributed by atoms with Crippen LogP contribution in [0.5, 0.6) is 0 Å². The summed E-state index contributed by atoms with van der Waals surface area (Å²) >= 11 is 30.3. The van der Waals surface area contributed by atoms with E-state index in [4.69, 9.17) is 46.4 Å². The van der Waals surface area contributed by atoms with E-state index in [0.717, 1.165) is 35.6 Å². The Bertz CT molecular complexity index is 1670. The fourth-order valence-electron chi connectivity index (χ4n) is 4.24. The molecule has 0 fully saturated rings. The third kappa shape index (κ3) is 13.9. The van der Waals surface area contributed by atoms with Gasteiger partial charge in [-0.3, -0.25) is 20.2 Å². The Balaban J connectivity index is 0.000000270. The molecule has 0 saturated carbocycles. The van der Waals surface area contributed by atoms with Gasteiger partial charge in [0.1, 0.15) is 5.69 Å². The molecule has 47 heavy (non-hydrogen) atoms. The van der Waals surface area contributed by atoms with Gasteiger partial charge in [0.25, 0.3) is 5.69 Å². The highest BCUT2D eigenvalue weighted by Gasteiger charge is 2.20. The number of anilines is 1. The minimum Gasteiger partial charge on any atom is -0.362 e. The third-order valence-corrected chi connectivity index (χ3v) is 8.67. The van der Waals surface area contributed by atoms with Crippen molar-refractivity contribution in [2.45, 2.75) is 52.5 Å². The molecule has 0 aromatic heterocycles. The highest BCUT2D eigenvalue weighted by molar-refractivity contribution is 9.10. The van der Waals surface area contributed by atoms with Gasteiger partial charge >= 0.3 is 5.69 Å². The quantitative estimate of drug-likeness (QED) is 0.0851. The lowest BCUT2D eigenvalue weighted by atomic mass is 10.1. The molecule has 4 rings (SSSR count). The normalized spacial score (nSPS) is 10.3. The van der Waals surface area contributed by atoms with Crippen LogP contribution in [-0.2, 0) is 13.0 Å². The van der Waals surface area contributed by atoms with Crippen LogP contribution in [0.25, 0.3) is 0 Å². The van der Waals surface area contributed by atoms with E-state index < -0.39 is 16.4 Å². The van der Waals surface area contributed by atoms with Crippen molar-refractivity contribution in [1.29, 1.82) is 0 Å². The molecule has 0 heterocycles. The summed E-state index contributed by atoms with van der Waals surface area (Å²) in [6.45, 7) is 5.39. The van der Waals surface area contributed by atoms with Crippen molar-refractivity contribution in [1.82, 2.24) is 0 Å². The Morgan fingerprint density at radius 1 is 0.702 bits per heavy atom. The summed E-state index contributed by atoms with van der Waals surface area (Å²) in [4.78, 5) is 22.3. The Labute approximate surface area is 310 Å². The van der Waals surface area contributed by atoms with Crippen LogP contribution in [0.3, 0.4) is 0 Å². The van der Waals surface area contributed by atoms with Crippen LogP contribution in [0.2, 0.25) is 20.1 Å². The van der Waals surface area contributed by atoms with Gasteiger partial charge in [0.05, 0.1) is 9.85 Å². The van der Waals surface area contributed by atoms with Gasteiger partial charge in [0.2, 0.25) is 5.82 Å². The van der Waals surface area contributed by atoms with Gasteiger partial charge in [-0.2, -0.15) is 4.39 Å². The molecule has 0 aliphatic heterocycles. The Kier molecular flexibility index (Phi) is 18.0. The highest BCUT2D eigenvalue weighted by Crippen LogP contribution is 2.33. The molecule has 0 aliphatic carbocycles. The van der Waals surface area contributed by atoms with Gasteiger partial charge < -0.3 is 4.90 Å². The third-order valence-electron chi connectivity index (χ3n) is 6.51. The lowest BCUT2D eigenvalue weighted by Gasteiger charge is -2.25. The fraction of sp³-hybridized carbons (Fsp3) is 0.273. The minimum atomic E-state index is -0.821. The van der Waals surface area contributed by atoms with Crippen molar-refractivity contribution in [2.24, 2.45) is 0 Å². The molecule has 0 N–H and O–H groups in total. The first kappa shape index (κ1) is 40.7. The number of rotatable bonds is 11. The molecule has 0 aliphatic rings. The minimum absolute atomic E-state index is 0.0675. The zero-order valence-electron chi connectivity index (χ0n) is 25.5. The molecule has 0 radical (unpaired) electrons. The number of benzene rings is 4. The fourth-order valence-corrected chi connectivity index (χ4v) is 5.91. The predicted molar refractivity (Wildman–Crippen MR) is 199 cm³/mol. The lowest BCUT2D eigenvalue weighted by Crippen LogP contribution is -2.24. The summed E-state index contributed by atoms with van der Waals surface area (Å²) in [6, 6.07) is 19.6. The van der Waals surface area contributed by atoms with E-state index in [1.807, 2.05) is 36.1 Å². The first-order chi connectivity index (χ1) is 22.3. The van der Waals surface area contributed by atoms with Crippen molar-refractivity contribution in [2.75, 3.05) is 11.4 Å². The van der Waals surface area contributed by atoms with Crippen LogP contribution in [0.4, 0.5) is 21.5 Å². The van der Waals surface area contributed by atoms with Crippen molar-refractivity contribution in [3.05, 3.63) is 139 Å². The molecule has 7 nitrogen and oxygen atoms in total. The molecule has 4 aromatic rings. The number of aryl methyl sites for hydroxylation is 1. The average molecular weight is 855 g/mol. The van der Waals surface area contributed by atoms with E-state index in [1.54, 1.807) is 24.3 Å². The maximum atomic E-state index is 12.6. The van der Waals surface area contributed by atoms with E-state index in [1.165, 1.54) is 37.0 Å². The standard InChI is InChI=1S/C16H15BrCl2N2O2.C11H14Cl2.C6H3BrFNO2/c1-2-7-20(10-11-3-5-13(18)9-14(11)19)15-6-4-12(17)8-16(15)21(22)23;1-2-3-4-5-9-6-7-10(12)8-11(9)13;7-4-1-2-5(8)6(3-4)9(10)11/h3-6,8-9H,2,7,10H2,1H3;6-8H,2-5H2,1H3;1-3H. The predicted octanol–water partition coefficient (Wildman–Crippen LogP) is 13.3. The molecule has 0 atom stereocenters. The van der Waals surface area contributed by atoms with Crippen LogP contribution in [0, 0.1) is 26.0 Å². The molecule has 14 heteroatoms.